The van der Waals surface area contributed by atoms with Crippen LogP contribution in [-0.4, -0.2) is 35.7 Å². The molecular weight excluding hydrogens is 572 g/mol. The van der Waals surface area contributed by atoms with Crippen molar-refractivity contribution in [3.8, 4) is 0 Å². The Balaban J connectivity index is 1.22. The van der Waals surface area contributed by atoms with Crippen molar-refractivity contribution < 1.29 is 24.2 Å². The fourth-order valence-corrected chi connectivity index (χ4v) is 12.6. The number of carbonyl (C=O) groups excluding carboxylic acids is 3. The monoisotopic (exact) mass is 632 g/mol. The summed E-state index contributed by atoms with van der Waals surface area (Å²) in [5.41, 5.74) is -0.987. The predicted molar refractivity (Wildman–Crippen MR) is 181 cm³/mol. The smallest absolute Gasteiger partial charge is 0.145 e. The Kier molecular flexibility index (Phi) is 8.95. The minimum Gasteiger partial charge on any atom is -0.501 e. The lowest BCUT2D eigenvalue weighted by atomic mass is 9.34. The van der Waals surface area contributed by atoms with Gasteiger partial charge in [0.05, 0.1) is 19.0 Å². The lowest BCUT2D eigenvalue weighted by Crippen LogP contribution is -2.68. The Morgan fingerprint density at radius 3 is 2.37 bits per heavy atom. The quantitative estimate of drug-likeness (QED) is 0.299. The first-order chi connectivity index (χ1) is 21.6. The van der Waals surface area contributed by atoms with E-state index in [2.05, 4.69) is 71.9 Å². The normalized spacial score (nSPS) is 49.3. The van der Waals surface area contributed by atoms with Crippen molar-refractivity contribution >= 4 is 17.3 Å². The van der Waals surface area contributed by atoms with Crippen molar-refractivity contribution in [2.24, 2.45) is 81.3 Å². The summed E-state index contributed by atoms with van der Waals surface area (Å²) in [5, 5.41) is 10.7. The van der Waals surface area contributed by atoms with Gasteiger partial charge in [0.1, 0.15) is 17.3 Å². The lowest BCUT2D eigenvalue weighted by Gasteiger charge is -2.68. The van der Waals surface area contributed by atoms with Crippen molar-refractivity contribution in [1.82, 2.24) is 0 Å². The molecule has 0 radical (unpaired) electrons. The summed E-state index contributed by atoms with van der Waals surface area (Å²) in [6.07, 6.45) is 19.0. The topological polar surface area (TPSA) is 80.7 Å². The molecule has 3 fully saturated rings. The maximum atomic E-state index is 14.9. The Bertz CT molecular complexity index is 1320. The van der Waals surface area contributed by atoms with E-state index in [1.165, 1.54) is 0 Å². The van der Waals surface area contributed by atoms with Gasteiger partial charge in [-0.2, -0.15) is 0 Å². The van der Waals surface area contributed by atoms with Crippen molar-refractivity contribution in [2.45, 2.75) is 112 Å². The number of aliphatic hydroxyl groups is 1. The largest absolute Gasteiger partial charge is 0.501 e. The van der Waals surface area contributed by atoms with Gasteiger partial charge >= 0.3 is 0 Å². The molecular formula is C41H60O5. The van der Waals surface area contributed by atoms with Crippen LogP contribution in [0.2, 0.25) is 0 Å². The fraction of sp³-hybridized carbons (Fsp3) is 0.780. The van der Waals surface area contributed by atoms with Crippen LogP contribution in [0.5, 0.6) is 0 Å². The van der Waals surface area contributed by atoms with Gasteiger partial charge in [-0.05, 0) is 110 Å². The zero-order valence-corrected chi connectivity index (χ0v) is 29.8. The van der Waals surface area contributed by atoms with Crippen molar-refractivity contribution in [3.05, 3.63) is 36.1 Å². The molecule has 0 amide bonds. The number of Topliss-reactive ketones (excluding diaryl/α,β-unsaturated/α-hetero) is 3. The Labute approximate surface area is 278 Å². The summed E-state index contributed by atoms with van der Waals surface area (Å²) in [6, 6.07) is 0. The Morgan fingerprint density at radius 2 is 1.76 bits per heavy atom. The molecule has 6 aliphatic carbocycles. The van der Waals surface area contributed by atoms with Crippen LogP contribution in [0.4, 0.5) is 0 Å². The average Bonchev–Trinajstić information content (AvgIpc) is 2.99. The average molecular weight is 633 g/mol. The van der Waals surface area contributed by atoms with Crippen molar-refractivity contribution in [1.29, 1.82) is 0 Å². The molecule has 0 bridgehead atoms. The summed E-state index contributed by atoms with van der Waals surface area (Å²) in [7, 11) is 1.71. The minimum atomic E-state index is -0.671. The molecule has 3 saturated carbocycles. The number of methoxy groups -OCH3 is 1. The van der Waals surface area contributed by atoms with E-state index < -0.39 is 11.5 Å². The van der Waals surface area contributed by atoms with E-state index in [1.54, 1.807) is 14.0 Å². The van der Waals surface area contributed by atoms with Gasteiger partial charge in [0.2, 0.25) is 0 Å². The molecule has 15 atom stereocenters. The molecule has 0 saturated heterocycles. The first kappa shape index (κ1) is 33.9. The van der Waals surface area contributed by atoms with Gasteiger partial charge in [0.25, 0.3) is 0 Å². The maximum Gasteiger partial charge on any atom is 0.145 e. The third-order valence-corrected chi connectivity index (χ3v) is 15.0. The van der Waals surface area contributed by atoms with Crippen LogP contribution in [0.3, 0.4) is 0 Å². The zero-order valence-electron chi connectivity index (χ0n) is 29.8. The third-order valence-electron chi connectivity index (χ3n) is 15.0. The number of fused-ring (bicyclic) bond motifs is 3. The highest BCUT2D eigenvalue weighted by Crippen LogP contribution is 2.71. The molecule has 0 aromatic rings. The fourth-order valence-electron chi connectivity index (χ4n) is 12.6. The number of ketones is 3. The molecule has 0 aliphatic heterocycles. The molecule has 0 aromatic heterocycles. The van der Waals surface area contributed by atoms with Gasteiger partial charge in [-0.3, -0.25) is 14.4 Å². The Morgan fingerprint density at radius 1 is 1.02 bits per heavy atom. The number of ether oxygens (including phenoxy) is 1. The second kappa shape index (κ2) is 12.1. The molecule has 0 aromatic carbocycles. The van der Waals surface area contributed by atoms with Crippen molar-refractivity contribution in [2.75, 3.05) is 7.11 Å². The van der Waals surface area contributed by atoms with E-state index in [4.69, 9.17) is 4.74 Å². The van der Waals surface area contributed by atoms with E-state index in [9.17, 15) is 19.5 Å². The van der Waals surface area contributed by atoms with Crippen molar-refractivity contribution in [3.63, 3.8) is 0 Å². The molecule has 5 heteroatoms. The molecule has 6 aliphatic rings. The molecule has 0 spiro atoms. The summed E-state index contributed by atoms with van der Waals surface area (Å²) < 4.78 is 5.37. The van der Waals surface area contributed by atoms with E-state index in [0.29, 0.717) is 41.7 Å². The molecule has 254 valence electrons. The van der Waals surface area contributed by atoms with E-state index in [1.807, 2.05) is 0 Å². The lowest BCUT2D eigenvalue weighted by molar-refractivity contribution is -0.204. The second-order valence-electron chi connectivity index (χ2n) is 17.7. The second-order valence-corrected chi connectivity index (χ2v) is 17.7. The van der Waals surface area contributed by atoms with Gasteiger partial charge in [0, 0.05) is 41.9 Å². The van der Waals surface area contributed by atoms with E-state index >= 15 is 0 Å². The first-order valence-electron chi connectivity index (χ1n) is 18.5. The molecule has 46 heavy (non-hydrogen) atoms. The highest BCUT2D eigenvalue weighted by Gasteiger charge is 2.70. The van der Waals surface area contributed by atoms with Crippen LogP contribution in [0, 0.1) is 81.3 Å². The molecule has 0 heterocycles. The number of rotatable bonds is 6. The first-order valence-corrected chi connectivity index (χ1v) is 18.5. The van der Waals surface area contributed by atoms with E-state index in [-0.39, 0.29) is 58.0 Å². The van der Waals surface area contributed by atoms with Gasteiger partial charge in [-0.25, -0.2) is 0 Å². The van der Waals surface area contributed by atoms with Gasteiger partial charge in [-0.1, -0.05) is 65.8 Å². The molecule has 6 rings (SSSR count). The minimum absolute atomic E-state index is 0.0160. The highest BCUT2D eigenvalue weighted by atomic mass is 16.5. The van der Waals surface area contributed by atoms with Crippen LogP contribution in [0.25, 0.3) is 0 Å². The predicted octanol–water partition coefficient (Wildman–Crippen LogP) is 8.17. The van der Waals surface area contributed by atoms with Gasteiger partial charge in [-0.15, -0.1) is 0 Å². The third kappa shape index (κ3) is 5.24. The van der Waals surface area contributed by atoms with Crippen LogP contribution in [0.1, 0.15) is 106 Å². The highest BCUT2D eigenvalue weighted by molar-refractivity contribution is 5.93. The number of aliphatic hydroxyl groups excluding tert-OH is 1. The van der Waals surface area contributed by atoms with E-state index in [0.717, 1.165) is 57.1 Å². The number of carbonyl (C=O) groups is 3. The zero-order chi connectivity index (χ0) is 33.3. The van der Waals surface area contributed by atoms with Gasteiger partial charge < -0.3 is 9.84 Å². The standard InChI is InChI=1S/C41H60O5/c1-23-9-18-31(28-12-10-27(11-13-28)19-33(43)29-14-16-30(46-8)17-15-29)32-21-39(5)22-40(6)20-24(2)34(26(4)42)38(45)41(40,7)25(3)36(39)37(44)35(23)32/h9-10,12,16,18,23-29,31-32,34-36,42H,11,13-15,17,19-22H2,1-8H3. The SMILES string of the molecule is COC1=CCC(C(=O)CC2C=CC(C3C=CC(C)C4C(=O)C5C(C)C6(C)C(=O)C(C(C)O)C(C)CC6(C)CC5(C)CC34)CC2)CC1. The summed E-state index contributed by atoms with van der Waals surface area (Å²) in [6.45, 7) is 15.2. The molecule has 15 unspecified atom stereocenters. The summed E-state index contributed by atoms with van der Waals surface area (Å²) in [4.78, 5) is 42.3. The number of hydrogen-bond acceptors (Lipinski definition) is 5. The maximum absolute atomic E-state index is 14.9. The van der Waals surface area contributed by atoms with Crippen LogP contribution in [0.15, 0.2) is 36.1 Å². The van der Waals surface area contributed by atoms with Crippen LogP contribution in [-0.2, 0) is 19.1 Å². The van der Waals surface area contributed by atoms with Crippen LogP contribution >= 0.6 is 0 Å². The number of hydrogen-bond donors (Lipinski definition) is 1. The summed E-state index contributed by atoms with van der Waals surface area (Å²) in [5.74, 6) is 3.16. The Hall–Kier alpha value is -2.01. The molecule has 5 nitrogen and oxygen atoms in total. The van der Waals surface area contributed by atoms with Gasteiger partial charge in [0.15, 0.2) is 0 Å². The molecule has 1 N–H and O–H groups in total. The van der Waals surface area contributed by atoms with Crippen LogP contribution < -0.4 is 0 Å². The number of allylic oxidation sites excluding steroid dienone is 6. The summed E-state index contributed by atoms with van der Waals surface area (Å²) >= 11 is 0.